The highest BCUT2D eigenvalue weighted by atomic mass is 32.2. The average Bonchev–Trinajstić information content (AvgIpc) is 2.50. The summed E-state index contributed by atoms with van der Waals surface area (Å²) in [7, 11) is -0.776. The lowest BCUT2D eigenvalue weighted by Gasteiger charge is -2.20. The van der Waals surface area contributed by atoms with Crippen LogP contribution >= 0.6 is 0 Å². The van der Waals surface area contributed by atoms with Gasteiger partial charge < -0.3 is 15.0 Å². The second-order valence-corrected chi connectivity index (χ2v) is 8.17. The summed E-state index contributed by atoms with van der Waals surface area (Å²) < 4.78 is 34.5. The van der Waals surface area contributed by atoms with Crippen LogP contribution in [0.1, 0.15) is 20.8 Å². The van der Waals surface area contributed by atoms with Crippen molar-refractivity contribution >= 4 is 28.0 Å². The number of nitrogens with one attached hydrogen (secondary N) is 1. The first kappa shape index (κ1) is 20.7. The number of nitrogens with zero attached hydrogens (tertiary/aromatic N) is 2. The Kier molecular flexibility index (Phi) is 6.75. The van der Waals surface area contributed by atoms with Crippen LogP contribution in [0.15, 0.2) is 40.1 Å². The van der Waals surface area contributed by atoms with E-state index in [1.807, 2.05) is 0 Å². The molecule has 0 aliphatic carbocycles. The normalized spacial score (nSPS) is 12.0. The SMILES string of the molecule is C=CCOc1cccc(NC(=O)C(C)(C)C)c1S(=O)(=O)N=CN(C)C. The largest absolute Gasteiger partial charge is 0.488 e. The fourth-order valence-corrected chi connectivity index (χ4v) is 2.86. The molecule has 1 rings (SSSR count). The number of hydrogen-bond donors (Lipinski definition) is 1. The van der Waals surface area contributed by atoms with E-state index in [1.165, 1.54) is 29.4 Å². The number of hydrogen-bond acceptors (Lipinski definition) is 4. The number of rotatable bonds is 7. The Morgan fingerprint density at radius 1 is 1.36 bits per heavy atom. The summed E-state index contributed by atoms with van der Waals surface area (Å²) in [4.78, 5) is 13.6. The Hall–Kier alpha value is -2.35. The van der Waals surface area contributed by atoms with E-state index in [0.717, 1.165) is 0 Å². The Labute approximate surface area is 149 Å². The third-order valence-electron chi connectivity index (χ3n) is 2.94. The zero-order chi connectivity index (χ0) is 19.3. The topological polar surface area (TPSA) is 88.1 Å². The van der Waals surface area contributed by atoms with Crippen LogP contribution in [-0.2, 0) is 14.8 Å². The zero-order valence-corrected chi connectivity index (χ0v) is 16.1. The fraction of sp³-hybridized carbons (Fsp3) is 0.412. The van der Waals surface area contributed by atoms with Crippen LogP contribution in [0.25, 0.3) is 0 Å². The fourth-order valence-electron chi connectivity index (χ4n) is 1.66. The van der Waals surface area contributed by atoms with E-state index in [2.05, 4.69) is 16.3 Å². The molecule has 1 amide bonds. The van der Waals surface area contributed by atoms with E-state index < -0.39 is 15.4 Å². The number of carbonyl (C=O) groups is 1. The van der Waals surface area contributed by atoms with Crippen molar-refractivity contribution in [1.29, 1.82) is 0 Å². The molecule has 1 aromatic carbocycles. The van der Waals surface area contributed by atoms with Gasteiger partial charge in [-0.15, -0.1) is 4.40 Å². The minimum Gasteiger partial charge on any atom is -0.488 e. The first-order valence-electron chi connectivity index (χ1n) is 7.64. The van der Waals surface area contributed by atoms with Gasteiger partial charge >= 0.3 is 0 Å². The maximum Gasteiger partial charge on any atom is 0.289 e. The van der Waals surface area contributed by atoms with E-state index in [4.69, 9.17) is 4.74 Å². The first-order valence-corrected chi connectivity index (χ1v) is 9.08. The highest BCUT2D eigenvalue weighted by Crippen LogP contribution is 2.34. The van der Waals surface area contributed by atoms with Gasteiger partial charge in [-0.05, 0) is 12.1 Å². The molecule has 8 heteroatoms. The number of benzene rings is 1. The summed E-state index contributed by atoms with van der Waals surface area (Å²) in [5.74, 6) is -0.219. The molecular weight excluding hydrogens is 342 g/mol. The van der Waals surface area contributed by atoms with Crippen LogP contribution in [0.4, 0.5) is 5.69 Å². The number of carbonyl (C=O) groups excluding carboxylic acids is 1. The van der Waals surface area contributed by atoms with Crippen LogP contribution in [0.2, 0.25) is 0 Å². The Balaban J connectivity index is 3.47. The molecule has 0 fully saturated rings. The molecule has 0 spiro atoms. The quantitative estimate of drug-likeness (QED) is 0.454. The molecule has 0 saturated carbocycles. The monoisotopic (exact) mass is 367 g/mol. The van der Waals surface area contributed by atoms with Crippen LogP contribution in [-0.4, -0.2) is 46.3 Å². The van der Waals surface area contributed by atoms with Gasteiger partial charge in [0.05, 0.1) is 5.69 Å². The molecule has 0 heterocycles. The molecule has 0 aromatic heterocycles. The molecule has 7 nitrogen and oxygen atoms in total. The lowest BCUT2D eigenvalue weighted by molar-refractivity contribution is -0.123. The van der Waals surface area contributed by atoms with Crippen molar-refractivity contribution in [3.8, 4) is 5.75 Å². The second-order valence-electron chi connectivity index (χ2n) is 6.60. The lowest BCUT2D eigenvalue weighted by atomic mass is 9.95. The highest BCUT2D eigenvalue weighted by molar-refractivity contribution is 7.90. The minimum absolute atomic E-state index is 0.0996. The molecule has 0 saturated heterocycles. The Bertz CT molecular complexity index is 763. The first-order chi connectivity index (χ1) is 11.5. The lowest BCUT2D eigenvalue weighted by Crippen LogP contribution is -2.28. The molecule has 138 valence electrons. The third kappa shape index (κ3) is 5.90. The molecular formula is C17H25N3O4S. The van der Waals surface area contributed by atoms with E-state index in [0.29, 0.717) is 0 Å². The van der Waals surface area contributed by atoms with Gasteiger partial charge in [0.25, 0.3) is 10.0 Å². The predicted octanol–water partition coefficient (Wildman–Crippen LogP) is 2.51. The number of amides is 1. The summed E-state index contributed by atoms with van der Waals surface area (Å²) in [6.07, 6.45) is 2.68. The molecule has 1 N–H and O–H groups in total. The molecule has 0 bridgehead atoms. The Morgan fingerprint density at radius 2 is 2.00 bits per heavy atom. The number of anilines is 1. The third-order valence-corrected chi connectivity index (χ3v) is 4.25. The maximum absolute atomic E-state index is 12.7. The van der Waals surface area contributed by atoms with Crippen molar-refractivity contribution in [2.45, 2.75) is 25.7 Å². The van der Waals surface area contributed by atoms with Gasteiger partial charge in [0.1, 0.15) is 18.7 Å². The van der Waals surface area contributed by atoms with Gasteiger partial charge in [0.15, 0.2) is 4.90 Å². The summed E-state index contributed by atoms with van der Waals surface area (Å²) in [5.41, 5.74) is -0.566. The molecule has 0 aliphatic heterocycles. The van der Waals surface area contributed by atoms with E-state index in [-0.39, 0.29) is 28.8 Å². The Morgan fingerprint density at radius 3 is 2.52 bits per heavy atom. The van der Waals surface area contributed by atoms with E-state index in [9.17, 15) is 13.2 Å². The van der Waals surface area contributed by atoms with Gasteiger partial charge in [-0.1, -0.05) is 39.5 Å². The molecule has 0 unspecified atom stereocenters. The summed E-state index contributed by atoms with van der Waals surface area (Å²) in [6, 6.07) is 4.61. The van der Waals surface area contributed by atoms with Crippen molar-refractivity contribution in [2.24, 2.45) is 9.81 Å². The van der Waals surface area contributed by atoms with Crippen molar-refractivity contribution in [1.82, 2.24) is 4.90 Å². The smallest absolute Gasteiger partial charge is 0.289 e. The van der Waals surface area contributed by atoms with Crippen LogP contribution in [0, 0.1) is 5.41 Å². The van der Waals surface area contributed by atoms with Gasteiger partial charge in [-0.3, -0.25) is 4.79 Å². The molecule has 0 aliphatic rings. The van der Waals surface area contributed by atoms with Crippen molar-refractivity contribution < 1.29 is 17.9 Å². The van der Waals surface area contributed by atoms with Gasteiger partial charge in [0, 0.05) is 19.5 Å². The second kappa shape index (κ2) is 8.15. The molecule has 0 radical (unpaired) electrons. The average molecular weight is 367 g/mol. The predicted molar refractivity (Wildman–Crippen MR) is 99.6 cm³/mol. The van der Waals surface area contributed by atoms with Gasteiger partial charge in [0.2, 0.25) is 5.91 Å². The summed E-state index contributed by atoms with van der Waals surface area (Å²) >= 11 is 0. The van der Waals surface area contributed by atoms with Gasteiger partial charge in [-0.25, -0.2) is 0 Å². The number of ether oxygens (including phenoxy) is 1. The van der Waals surface area contributed by atoms with Crippen LogP contribution in [0.3, 0.4) is 0 Å². The summed E-state index contributed by atoms with van der Waals surface area (Å²) in [5, 5.41) is 2.65. The van der Waals surface area contributed by atoms with E-state index >= 15 is 0 Å². The molecule has 25 heavy (non-hydrogen) atoms. The number of sulfonamides is 1. The maximum atomic E-state index is 12.7. The van der Waals surface area contributed by atoms with Crippen molar-refractivity contribution in [3.05, 3.63) is 30.9 Å². The van der Waals surface area contributed by atoms with Crippen LogP contribution in [0.5, 0.6) is 5.75 Å². The van der Waals surface area contributed by atoms with Crippen molar-refractivity contribution in [2.75, 3.05) is 26.0 Å². The highest BCUT2D eigenvalue weighted by Gasteiger charge is 2.27. The molecule has 1 aromatic rings. The van der Waals surface area contributed by atoms with Crippen molar-refractivity contribution in [3.63, 3.8) is 0 Å². The minimum atomic E-state index is -4.08. The van der Waals surface area contributed by atoms with E-state index in [1.54, 1.807) is 40.9 Å². The molecule has 0 atom stereocenters. The van der Waals surface area contributed by atoms with Crippen LogP contribution < -0.4 is 10.1 Å². The zero-order valence-electron chi connectivity index (χ0n) is 15.2. The van der Waals surface area contributed by atoms with Gasteiger partial charge in [-0.2, -0.15) is 8.42 Å². The summed E-state index contributed by atoms with van der Waals surface area (Å²) in [6.45, 7) is 8.88. The standard InChI is InChI=1S/C17H25N3O4S/c1-7-11-24-14-10-8-9-13(19-16(21)17(2,3)4)15(14)25(22,23)18-12-20(5)6/h7-10,12H,1,11H2,2-6H3,(H,19,21).